The van der Waals surface area contributed by atoms with Crippen molar-refractivity contribution in [2.45, 2.75) is 59.7 Å². The Labute approximate surface area is 168 Å². The molecule has 0 aromatic carbocycles. The maximum absolute atomic E-state index is 1.64. The zero-order chi connectivity index (χ0) is 8.49. The van der Waals surface area contributed by atoms with Gasteiger partial charge in [-0.05, 0) is 0 Å². The second-order valence-corrected chi connectivity index (χ2v) is 8.49. The van der Waals surface area contributed by atoms with Gasteiger partial charge in [0.25, 0.3) is 0 Å². The molecule has 0 atom stereocenters. The monoisotopic (exact) mass is 298 g/mol. The van der Waals surface area contributed by atoms with Crippen molar-refractivity contribution in [3.05, 3.63) is 0 Å². The van der Waals surface area contributed by atoms with Crippen molar-refractivity contribution in [2.75, 3.05) is 0 Å². The third-order valence-corrected chi connectivity index (χ3v) is 7.00. The van der Waals surface area contributed by atoms with Crippen molar-refractivity contribution in [1.82, 2.24) is 0 Å². The average Bonchev–Trinajstić information content (AvgIpc) is 2.24. The zero-order valence-corrected chi connectivity index (χ0v) is 11.8. The van der Waals surface area contributed by atoms with E-state index in [1.54, 1.807) is 46.8 Å². The van der Waals surface area contributed by atoms with Crippen LogP contribution < -0.4 is 0 Å². The van der Waals surface area contributed by atoms with Gasteiger partial charge < -0.3 is 5.48 Å². The van der Waals surface area contributed by atoms with E-state index >= 15 is 0 Å². The topological polar surface area (TPSA) is 31.5 Å². The molecule has 2 N–H and O–H groups in total. The molecule has 2 heterocycles. The Morgan fingerprint density at radius 1 is 0.467 bits per heavy atom. The average molecular weight is 298 g/mol. The fourth-order valence-corrected chi connectivity index (χ4v) is 5.66. The predicted molar refractivity (Wildman–Crippen MR) is 81.9 cm³/mol. The van der Waals surface area contributed by atoms with E-state index in [-0.39, 0.29) is 81.0 Å². The fourth-order valence-electron chi connectivity index (χ4n) is 2.12. The Morgan fingerprint density at radius 3 is 0.800 bits per heavy atom. The van der Waals surface area contributed by atoms with Crippen LogP contribution in [0.3, 0.4) is 0 Å². The Morgan fingerprint density at radius 2 is 0.733 bits per heavy atom. The van der Waals surface area contributed by atoms with Crippen molar-refractivity contribution in [1.29, 1.82) is 0 Å². The van der Waals surface area contributed by atoms with Crippen molar-refractivity contribution in [3.8, 4) is 0 Å². The molecule has 0 aromatic rings. The molecule has 2 aliphatic rings. The van der Waals surface area contributed by atoms with Gasteiger partial charge >= 0.3 is 75.5 Å². The van der Waals surface area contributed by atoms with Gasteiger partial charge in [0.2, 0.25) is 30.4 Å². The van der Waals surface area contributed by atoms with Crippen LogP contribution in [0.5, 0.6) is 0 Å². The normalized spacial score (nSPS) is 18.1. The van der Waals surface area contributed by atoms with Crippen LogP contribution in [0.2, 0.25) is 21.1 Å². The molecule has 2 saturated heterocycles. The van der Waals surface area contributed by atoms with Gasteiger partial charge in [0.15, 0.2) is 0 Å². The molecule has 0 saturated carbocycles. The van der Waals surface area contributed by atoms with Crippen LogP contribution >= 0.6 is 0 Å². The van der Waals surface area contributed by atoms with E-state index in [0.29, 0.717) is 30.4 Å². The summed E-state index contributed by atoms with van der Waals surface area (Å²) in [6, 6.07) is 0. The van der Waals surface area contributed by atoms with Crippen LogP contribution in [0, 0.1) is 0 Å². The second kappa shape index (κ2) is 19.9. The van der Waals surface area contributed by atoms with E-state index in [0.717, 1.165) is 0 Å². The molecule has 0 unspecified atom stereocenters. The Balaban J connectivity index is -0.000000160. The van der Waals surface area contributed by atoms with Crippen molar-refractivity contribution >= 4 is 106 Å². The van der Waals surface area contributed by atoms with E-state index in [1.807, 2.05) is 0 Å². The molecule has 2 fully saturated rings. The molecular weight excluding hydrogens is 270 g/mol. The molecule has 5 heteroatoms. The first-order chi connectivity index (χ1) is 6.00. The Kier molecular flexibility index (Phi) is 31.3. The molecule has 2 aliphatic heterocycles. The number of hydrogen-bond donors (Lipinski definition) is 0. The SMILES string of the molecule is C1C[CH2][AlH][CH2]C1.C1C[CH2][AlH][CH2]C1.O.[CaH2].[CaH2]. The van der Waals surface area contributed by atoms with Crippen LogP contribution in [0.4, 0.5) is 0 Å². The minimum atomic E-state index is 0. The molecule has 1 nitrogen and oxygen atoms in total. The first-order valence-corrected chi connectivity index (χ1v) is 10.00. The quantitative estimate of drug-likeness (QED) is 0.574. The van der Waals surface area contributed by atoms with E-state index in [1.165, 1.54) is 12.8 Å². The van der Waals surface area contributed by atoms with Crippen LogP contribution in [-0.2, 0) is 0 Å². The molecule has 0 aliphatic carbocycles. The predicted octanol–water partition coefficient (Wildman–Crippen LogP) is 0.230. The summed E-state index contributed by atoms with van der Waals surface area (Å²) in [5, 5.41) is 6.56. The Hall–Kier alpha value is 3.54. The van der Waals surface area contributed by atoms with Crippen molar-refractivity contribution < 1.29 is 5.48 Å². The van der Waals surface area contributed by atoms with Gasteiger partial charge in [-0.2, -0.15) is 0 Å². The van der Waals surface area contributed by atoms with Crippen molar-refractivity contribution in [3.63, 3.8) is 0 Å². The van der Waals surface area contributed by atoms with Crippen molar-refractivity contribution in [2.24, 2.45) is 0 Å². The van der Waals surface area contributed by atoms with Gasteiger partial charge in [-0.1, -0.05) is 59.7 Å². The molecule has 0 aromatic heterocycles. The summed E-state index contributed by atoms with van der Waals surface area (Å²) < 4.78 is 0. The van der Waals surface area contributed by atoms with E-state index in [2.05, 4.69) is 0 Å². The third-order valence-electron chi connectivity index (χ3n) is 3.00. The molecule has 84 valence electrons. The fraction of sp³-hybridized carbons (Fsp3) is 1.00. The van der Waals surface area contributed by atoms with Crippen LogP contribution in [-0.4, -0.2) is 111 Å². The molecule has 0 radical (unpaired) electrons. The molecule has 0 spiro atoms. The number of hydrogen-bond acceptors (Lipinski definition) is 0. The van der Waals surface area contributed by atoms with Gasteiger partial charge in [0.1, 0.15) is 0 Å². The summed E-state index contributed by atoms with van der Waals surface area (Å²) in [5.74, 6) is 0. The molecule has 0 amide bonds. The van der Waals surface area contributed by atoms with Gasteiger partial charge in [-0.25, -0.2) is 0 Å². The van der Waals surface area contributed by atoms with E-state index in [9.17, 15) is 0 Å². The Bertz CT molecular complexity index is 64.4. The van der Waals surface area contributed by atoms with Crippen LogP contribution in [0.25, 0.3) is 0 Å². The van der Waals surface area contributed by atoms with E-state index in [4.69, 9.17) is 0 Å². The summed E-state index contributed by atoms with van der Waals surface area (Å²) in [5.41, 5.74) is 0. The molecule has 2 rings (SSSR count). The summed E-state index contributed by atoms with van der Waals surface area (Å²) in [7, 11) is 0. The molecular formula is C10H28Al2Ca2O. The standard InChI is InChI=1S/2C5H10.2Al.2Ca.H2O.6H/c2*1-3-5-4-2;;;;;;;;;;;/h2*1-5H2;;;;;1H2;;;;;;. The number of rotatable bonds is 0. The van der Waals surface area contributed by atoms with Gasteiger partial charge in [-0.3, -0.25) is 0 Å². The summed E-state index contributed by atoms with van der Waals surface area (Å²) in [4.78, 5) is 0. The van der Waals surface area contributed by atoms with Crippen LogP contribution in [0.1, 0.15) is 38.5 Å². The third kappa shape index (κ3) is 17.5. The van der Waals surface area contributed by atoms with Gasteiger partial charge in [0.05, 0.1) is 0 Å². The summed E-state index contributed by atoms with van der Waals surface area (Å²) in [6.07, 6.45) is 9.32. The summed E-state index contributed by atoms with van der Waals surface area (Å²) in [6.45, 7) is 0. The zero-order valence-electron chi connectivity index (χ0n) is 8.99. The first kappa shape index (κ1) is 23.6. The van der Waals surface area contributed by atoms with Gasteiger partial charge in [-0.15, -0.1) is 0 Å². The molecule has 15 heavy (non-hydrogen) atoms. The minimum absolute atomic E-state index is 0. The van der Waals surface area contributed by atoms with Gasteiger partial charge in [0, 0.05) is 0 Å². The first-order valence-electron chi connectivity index (χ1n) is 6.00. The van der Waals surface area contributed by atoms with Crippen LogP contribution in [0.15, 0.2) is 0 Å². The second-order valence-electron chi connectivity index (χ2n) is 4.24. The molecule has 0 bridgehead atoms. The van der Waals surface area contributed by atoms with E-state index < -0.39 is 0 Å². The maximum atomic E-state index is 1.64. The summed E-state index contributed by atoms with van der Waals surface area (Å²) >= 11 is 1.02.